The number of halogens is 2. The molecule has 1 aliphatic heterocycles. The first-order chi connectivity index (χ1) is 10.1. The molecule has 1 fully saturated rings. The molecule has 1 aromatic carbocycles. The zero-order valence-electron chi connectivity index (χ0n) is 12.6. The molecule has 0 radical (unpaired) electrons. The van der Waals surface area contributed by atoms with Gasteiger partial charge in [0.25, 0.3) is 0 Å². The van der Waals surface area contributed by atoms with Crippen LogP contribution in [0.15, 0.2) is 34.9 Å². The fourth-order valence-corrected chi connectivity index (χ4v) is 2.79. The second-order valence-corrected chi connectivity index (χ2v) is 6.13. The second-order valence-electron chi connectivity index (χ2n) is 6.13. The first-order valence-corrected chi connectivity index (χ1v) is 7.21. The van der Waals surface area contributed by atoms with Crippen LogP contribution in [0.4, 0.5) is 4.39 Å². The molecule has 2 N–H and O–H groups in total. The Bertz CT molecular complexity index is 633. The molecule has 1 unspecified atom stereocenters. The third-order valence-electron chi connectivity index (χ3n) is 4.14. The number of nitrogens with two attached hydrogens (primary N) is 1. The molecule has 0 bridgehead atoms. The van der Waals surface area contributed by atoms with E-state index >= 15 is 0 Å². The molecule has 0 amide bonds. The van der Waals surface area contributed by atoms with Crippen molar-refractivity contribution in [1.82, 2.24) is 9.88 Å². The number of benzene rings is 1. The third-order valence-corrected chi connectivity index (χ3v) is 4.14. The maximum absolute atomic E-state index is 13.2. The summed E-state index contributed by atoms with van der Waals surface area (Å²) < 4.78 is 18.7. The minimum atomic E-state index is -0.287. The Hall–Kier alpha value is -1.43. The van der Waals surface area contributed by atoms with Crippen LogP contribution in [0.1, 0.15) is 19.0 Å². The largest absolute Gasteiger partial charge is 0.444 e. The molecular formula is C16H21ClFN3O. The SMILES string of the molecule is CC1(CN)CCN(Cc2coc(-c3cccc(F)c3)n2)C1.Cl. The fraction of sp³-hybridized carbons (Fsp3) is 0.438. The predicted octanol–water partition coefficient (Wildman–Crippen LogP) is 3.07. The molecule has 3 rings (SSSR count). The van der Waals surface area contributed by atoms with Crippen LogP contribution in [-0.4, -0.2) is 29.5 Å². The molecule has 0 spiro atoms. The summed E-state index contributed by atoms with van der Waals surface area (Å²) in [6, 6.07) is 6.28. The van der Waals surface area contributed by atoms with Crippen LogP contribution >= 0.6 is 12.4 Å². The van der Waals surface area contributed by atoms with Gasteiger partial charge in [0.1, 0.15) is 12.1 Å². The quantitative estimate of drug-likeness (QED) is 0.938. The van der Waals surface area contributed by atoms with Gasteiger partial charge in [-0.1, -0.05) is 13.0 Å². The normalized spacial score (nSPS) is 21.8. The summed E-state index contributed by atoms with van der Waals surface area (Å²) in [7, 11) is 0. The van der Waals surface area contributed by atoms with Crippen molar-refractivity contribution in [2.24, 2.45) is 11.1 Å². The Morgan fingerprint density at radius 3 is 2.95 bits per heavy atom. The van der Waals surface area contributed by atoms with Crippen LogP contribution in [0.2, 0.25) is 0 Å². The summed E-state index contributed by atoms with van der Waals surface area (Å²) in [6.45, 7) is 5.67. The van der Waals surface area contributed by atoms with E-state index in [2.05, 4.69) is 16.8 Å². The third kappa shape index (κ3) is 3.66. The number of rotatable bonds is 4. The van der Waals surface area contributed by atoms with Gasteiger partial charge in [-0.15, -0.1) is 12.4 Å². The molecule has 22 heavy (non-hydrogen) atoms. The van der Waals surface area contributed by atoms with Gasteiger partial charge >= 0.3 is 0 Å². The molecular weight excluding hydrogens is 305 g/mol. The van der Waals surface area contributed by atoms with E-state index in [4.69, 9.17) is 10.2 Å². The number of aromatic nitrogens is 1. The molecule has 2 aromatic rings. The van der Waals surface area contributed by atoms with Gasteiger partial charge < -0.3 is 10.2 Å². The molecule has 0 aliphatic carbocycles. The molecule has 1 aliphatic rings. The standard InChI is InChI=1S/C16H20FN3O.ClH/c1-16(10-18)5-6-20(11-16)8-14-9-21-15(19-14)12-3-2-4-13(17)7-12;/h2-4,7,9H,5-6,8,10-11,18H2,1H3;1H. The molecule has 1 saturated heterocycles. The van der Waals surface area contributed by atoms with Gasteiger partial charge in [-0.25, -0.2) is 9.37 Å². The van der Waals surface area contributed by atoms with Gasteiger partial charge in [-0.2, -0.15) is 0 Å². The van der Waals surface area contributed by atoms with Crippen LogP contribution in [0.3, 0.4) is 0 Å². The molecule has 6 heteroatoms. The van der Waals surface area contributed by atoms with Crippen LogP contribution in [0.5, 0.6) is 0 Å². The average Bonchev–Trinajstić information content (AvgIpc) is 3.07. The van der Waals surface area contributed by atoms with Crippen molar-refractivity contribution >= 4 is 12.4 Å². The molecule has 1 atom stereocenters. The van der Waals surface area contributed by atoms with Gasteiger partial charge in [0.15, 0.2) is 0 Å². The Kier molecular flexibility index (Phi) is 5.21. The highest BCUT2D eigenvalue weighted by Gasteiger charge is 2.32. The molecule has 1 aromatic heterocycles. The van der Waals surface area contributed by atoms with Crippen molar-refractivity contribution in [2.75, 3.05) is 19.6 Å². The lowest BCUT2D eigenvalue weighted by Crippen LogP contribution is -2.31. The summed E-state index contributed by atoms with van der Waals surface area (Å²) in [5, 5.41) is 0. The fourth-order valence-electron chi connectivity index (χ4n) is 2.79. The average molecular weight is 326 g/mol. The molecule has 4 nitrogen and oxygen atoms in total. The number of nitrogens with zero attached hydrogens (tertiary/aromatic N) is 2. The Labute approximate surface area is 135 Å². The highest BCUT2D eigenvalue weighted by Crippen LogP contribution is 2.29. The van der Waals surface area contributed by atoms with Gasteiger partial charge in [-0.05, 0) is 43.1 Å². The van der Waals surface area contributed by atoms with E-state index in [1.54, 1.807) is 18.4 Å². The molecule has 2 heterocycles. The number of hydrogen-bond acceptors (Lipinski definition) is 4. The van der Waals surface area contributed by atoms with Crippen molar-refractivity contribution in [1.29, 1.82) is 0 Å². The molecule has 120 valence electrons. The topological polar surface area (TPSA) is 55.3 Å². The van der Waals surface area contributed by atoms with E-state index in [0.717, 1.165) is 31.7 Å². The van der Waals surface area contributed by atoms with Crippen LogP contribution in [-0.2, 0) is 6.54 Å². The Balaban J connectivity index is 0.00000176. The lowest BCUT2D eigenvalue weighted by atomic mass is 9.90. The number of oxazole rings is 1. The van der Waals surface area contributed by atoms with E-state index in [-0.39, 0.29) is 23.6 Å². The van der Waals surface area contributed by atoms with Crippen LogP contribution in [0, 0.1) is 11.2 Å². The van der Waals surface area contributed by atoms with E-state index < -0.39 is 0 Å². The number of hydrogen-bond donors (Lipinski definition) is 1. The minimum absolute atomic E-state index is 0. The summed E-state index contributed by atoms with van der Waals surface area (Å²) in [4.78, 5) is 6.79. The van der Waals surface area contributed by atoms with E-state index in [0.29, 0.717) is 18.0 Å². The maximum atomic E-state index is 13.2. The van der Waals surface area contributed by atoms with Gasteiger partial charge in [-0.3, -0.25) is 4.90 Å². The van der Waals surface area contributed by atoms with Gasteiger partial charge in [0.2, 0.25) is 5.89 Å². The first kappa shape index (κ1) is 16.9. The van der Waals surface area contributed by atoms with Crippen molar-refractivity contribution in [2.45, 2.75) is 19.9 Å². The summed E-state index contributed by atoms with van der Waals surface area (Å²) in [5.41, 5.74) is 7.56. The first-order valence-electron chi connectivity index (χ1n) is 7.21. The molecule has 0 saturated carbocycles. The van der Waals surface area contributed by atoms with Crippen molar-refractivity contribution in [3.63, 3.8) is 0 Å². The highest BCUT2D eigenvalue weighted by molar-refractivity contribution is 5.85. The van der Waals surface area contributed by atoms with Crippen LogP contribution < -0.4 is 5.73 Å². The lowest BCUT2D eigenvalue weighted by Gasteiger charge is -2.21. The van der Waals surface area contributed by atoms with Gasteiger partial charge in [0, 0.05) is 18.7 Å². The van der Waals surface area contributed by atoms with E-state index in [1.165, 1.54) is 12.1 Å². The zero-order chi connectivity index (χ0) is 14.9. The summed E-state index contributed by atoms with van der Waals surface area (Å²) in [5.74, 6) is 0.177. The Morgan fingerprint density at radius 1 is 1.45 bits per heavy atom. The minimum Gasteiger partial charge on any atom is -0.444 e. The highest BCUT2D eigenvalue weighted by atomic mass is 35.5. The Morgan fingerprint density at radius 2 is 2.27 bits per heavy atom. The van der Waals surface area contributed by atoms with E-state index in [9.17, 15) is 4.39 Å². The van der Waals surface area contributed by atoms with Gasteiger partial charge in [0.05, 0.1) is 5.69 Å². The lowest BCUT2D eigenvalue weighted by molar-refractivity contribution is 0.272. The second kappa shape index (κ2) is 6.77. The van der Waals surface area contributed by atoms with Crippen molar-refractivity contribution in [3.8, 4) is 11.5 Å². The summed E-state index contributed by atoms with van der Waals surface area (Å²) >= 11 is 0. The van der Waals surface area contributed by atoms with E-state index in [1.807, 2.05) is 0 Å². The zero-order valence-corrected chi connectivity index (χ0v) is 13.4. The summed E-state index contributed by atoms with van der Waals surface area (Å²) in [6.07, 6.45) is 2.76. The smallest absolute Gasteiger partial charge is 0.226 e. The van der Waals surface area contributed by atoms with Crippen molar-refractivity contribution < 1.29 is 8.81 Å². The number of likely N-dealkylation sites (tertiary alicyclic amines) is 1. The predicted molar refractivity (Wildman–Crippen MR) is 86.2 cm³/mol. The monoisotopic (exact) mass is 325 g/mol. The maximum Gasteiger partial charge on any atom is 0.226 e. The van der Waals surface area contributed by atoms with Crippen LogP contribution in [0.25, 0.3) is 11.5 Å². The van der Waals surface area contributed by atoms with Crippen molar-refractivity contribution in [3.05, 3.63) is 42.0 Å².